The molecule has 0 saturated carbocycles. The predicted molar refractivity (Wildman–Crippen MR) is 280 cm³/mol. The Labute approximate surface area is 384 Å². The van der Waals surface area contributed by atoms with Crippen molar-refractivity contribution in [3.05, 3.63) is 255 Å². The average Bonchev–Trinajstić information content (AvgIpc) is 3.60. The monoisotopic (exact) mass is 848 g/mol. The van der Waals surface area contributed by atoms with Gasteiger partial charge in [0.1, 0.15) is 8.07 Å². The lowest BCUT2D eigenvalue weighted by molar-refractivity contribution is 1.28. The summed E-state index contributed by atoms with van der Waals surface area (Å²) in [5, 5.41) is 2.92. The molecule has 0 unspecified atom stereocenters. The Bertz CT molecular complexity index is 2830. The average molecular weight is 849 g/mol. The summed E-state index contributed by atoms with van der Waals surface area (Å²) >= 11 is 0. The summed E-state index contributed by atoms with van der Waals surface area (Å²) in [5.74, 6) is 0. The van der Waals surface area contributed by atoms with Crippen LogP contribution in [0.5, 0.6) is 0 Å². The number of hydrogen-bond acceptors (Lipinski definition) is 2. The van der Waals surface area contributed by atoms with Gasteiger partial charge in [-0.25, -0.2) is 0 Å². The summed E-state index contributed by atoms with van der Waals surface area (Å²) < 4.78 is 0. The molecule has 0 aromatic heterocycles. The molecular formula is C62H48N2Si. The van der Waals surface area contributed by atoms with Gasteiger partial charge in [0.25, 0.3) is 0 Å². The first kappa shape index (κ1) is 39.8. The van der Waals surface area contributed by atoms with Gasteiger partial charge in [-0.05, 0) is 139 Å². The Morgan fingerprint density at radius 2 is 0.446 bits per heavy atom. The van der Waals surface area contributed by atoms with Gasteiger partial charge in [-0.3, -0.25) is 0 Å². The molecule has 0 N–H and O–H groups in total. The second-order valence-corrected chi connectivity index (χ2v) is 21.7. The van der Waals surface area contributed by atoms with Gasteiger partial charge in [0.2, 0.25) is 0 Å². The number of anilines is 6. The molecule has 1 aliphatic rings. The number of nitrogens with zero attached hydrogens (tertiary/aromatic N) is 2. The minimum Gasteiger partial charge on any atom is -0.311 e. The van der Waals surface area contributed by atoms with E-state index in [4.69, 9.17) is 0 Å². The highest BCUT2D eigenvalue weighted by atomic mass is 28.3. The van der Waals surface area contributed by atoms with Crippen molar-refractivity contribution in [2.24, 2.45) is 0 Å². The largest absolute Gasteiger partial charge is 0.311 e. The van der Waals surface area contributed by atoms with Crippen LogP contribution in [0.25, 0.3) is 55.6 Å². The molecule has 10 aromatic rings. The Morgan fingerprint density at radius 1 is 0.231 bits per heavy atom. The quantitative estimate of drug-likeness (QED) is 0.127. The highest BCUT2D eigenvalue weighted by Gasteiger charge is 2.38. The van der Waals surface area contributed by atoms with Gasteiger partial charge in [-0.2, -0.15) is 0 Å². The Kier molecular flexibility index (Phi) is 10.4. The molecule has 310 valence electrons. The van der Waals surface area contributed by atoms with Crippen molar-refractivity contribution in [1.29, 1.82) is 0 Å². The Morgan fingerprint density at radius 3 is 0.692 bits per heavy atom. The maximum Gasteiger partial charge on any atom is 0.114 e. The smallest absolute Gasteiger partial charge is 0.114 e. The molecule has 11 rings (SSSR count). The summed E-state index contributed by atoms with van der Waals surface area (Å²) in [4.78, 5) is 4.84. The Hall–Kier alpha value is -7.98. The molecule has 0 fully saturated rings. The number of benzene rings is 10. The van der Waals surface area contributed by atoms with Crippen LogP contribution in [0, 0.1) is 0 Å². The summed E-state index contributed by atoms with van der Waals surface area (Å²) in [6, 6.07) is 92.9. The van der Waals surface area contributed by atoms with Gasteiger partial charge in [-0.1, -0.05) is 195 Å². The van der Waals surface area contributed by atoms with Gasteiger partial charge >= 0.3 is 0 Å². The molecule has 0 bridgehead atoms. The molecule has 0 aliphatic carbocycles. The third kappa shape index (κ3) is 7.67. The van der Waals surface area contributed by atoms with Gasteiger partial charge < -0.3 is 9.80 Å². The minimum atomic E-state index is -2.21. The topological polar surface area (TPSA) is 6.48 Å². The van der Waals surface area contributed by atoms with Crippen LogP contribution in [0.1, 0.15) is 0 Å². The van der Waals surface area contributed by atoms with Gasteiger partial charge in [-0.15, -0.1) is 0 Å². The summed E-state index contributed by atoms with van der Waals surface area (Å²) in [6.45, 7) is 5.04. The van der Waals surface area contributed by atoms with Gasteiger partial charge in [0, 0.05) is 34.1 Å². The van der Waals surface area contributed by atoms with Crippen LogP contribution >= 0.6 is 0 Å². The lowest BCUT2D eigenvalue weighted by Gasteiger charge is -2.29. The molecule has 0 saturated heterocycles. The van der Waals surface area contributed by atoms with Crippen LogP contribution in [0.15, 0.2) is 255 Å². The van der Waals surface area contributed by atoms with E-state index in [1.54, 1.807) is 0 Å². The normalized spacial score (nSPS) is 12.3. The zero-order chi connectivity index (χ0) is 43.7. The molecule has 0 radical (unpaired) electrons. The molecule has 3 heteroatoms. The van der Waals surface area contributed by atoms with E-state index in [1.165, 1.54) is 66.0 Å². The maximum atomic E-state index is 2.52. The van der Waals surface area contributed by atoms with E-state index in [0.717, 1.165) is 34.1 Å². The summed E-state index contributed by atoms with van der Waals surface area (Å²) in [7, 11) is -2.21. The van der Waals surface area contributed by atoms with Crippen molar-refractivity contribution < 1.29 is 0 Å². The van der Waals surface area contributed by atoms with Crippen LogP contribution < -0.4 is 20.2 Å². The highest BCUT2D eigenvalue weighted by molar-refractivity contribution is 7.04. The highest BCUT2D eigenvalue weighted by Crippen LogP contribution is 2.42. The lowest BCUT2D eigenvalue weighted by Crippen LogP contribution is -2.49. The molecule has 0 amide bonds. The lowest BCUT2D eigenvalue weighted by atomic mass is 10.0. The van der Waals surface area contributed by atoms with Crippen LogP contribution in [-0.4, -0.2) is 8.07 Å². The molecule has 65 heavy (non-hydrogen) atoms. The summed E-state index contributed by atoms with van der Waals surface area (Å²) in [6.07, 6.45) is 0. The van der Waals surface area contributed by atoms with Crippen molar-refractivity contribution >= 4 is 52.6 Å². The first-order valence-corrected chi connectivity index (χ1v) is 25.5. The van der Waals surface area contributed by atoms with Crippen LogP contribution in [0.3, 0.4) is 0 Å². The van der Waals surface area contributed by atoms with Crippen molar-refractivity contribution in [3.8, 4) is 55.6 Å². The molecular weight excluding hydrogens is 801 g/mol. The van der Waals surface area contributed by atoms with E-state index < -0.39 is 8.07 Å². The van der Waals surface area contributed by atoms with E-state index in [0.29, 0.717) is 0 Å². The second kappa shape index (κ2) is 16.9. The van der Waals surface area contributed by atoms with Crippen molar-refractivity contribution in [1.82, 2.24) is 0 Å². The fraction of sp³-hybridized carbons (Fsp3) is 0.0323. The van der Waals surface area contributed by atoms with Gasteiger partial charge in [0.05, 0.1) is 0 Å². The van der Waals surface area contributed by atoms with E-state index >= 15 is 0 Å². The molecule has 0 spiro atoms. The van der Waals surface area contributed by atoms with Crippen LogP contribution in [0.2, 0.25) is 13.1 Å². The number of rotatable bonds is 10. The van der Waals surface area contributed by atoms with E-state index in [1.807, 2.05) is 0 Å². The zero-order valence-electron chi connectivity index (χ0n) is 36.6. The minimum absolute atomic E-state index is 1.13. The molecule has 1 aliphatic heterocycles. The van der Waals surface area contributed by atoms with Crippen LogP contribution in [0.4, 0.5) is 34.1 Å². The van der Waals surface area contributed by atoms with Crippen molar-refractivity contribution in [2.45, 2.75) is 13.1 Å². The van der Waals surface area contributed by atoms with E-state index in [9.17, 15) is 0 Å². The maximum absolute atomic E-state index is 2.52. The Balaban J connectivity index is 0.979. The first-order chi connectivity index (χ1) is 32.0. The second-order valence-electron chi connectivity index (χ2n) is 17.4. The molecule has 10 aromatic carbocycles. The molecule has 1 heterocycles. The van der Waals surface area contributed by atoms with E-state index in [2.05, 4.69) is 278 Å². The van der Waals surface area contributed by atoms with Gasteiger partial charge in [0.15, 0.2) is 0 Å². The fourth-order valence-corrected chi connectivity index (χ4v) is 12.7. The first-order valence-electron chi connectivity index (χ1n) is 22.5. The predicted octanol–water partition coefficient (Wildman–Crippen LogP) is 16.1. The number of hydrogen-bond donors (Lipinski definition) is 0. The number of fused-ring (bicyclic) bond motifs is 3. The zero-order valence-corrected chi connectivity index (χ0v) is 37.6. The third-order valence-electron chi connectivity index (χ3n) is 13.1. The molecule has 2 nitrogen and oxygen atoms in total. The van der Waals surface area contributed by atoms with E-state index in [-0.39, 0.29) is 0 Å². The standard InChI is InChI=1S/C62H48N2Si/c1-65(2)61-43-57(63(53-31-23-49(24-32-53)45-15-7-3-8-16-45)54-33-25-50(26-34-54)46-17-9-4-10-18-46)39-41-59(61)60-42-40-58(44-62(60)65)64(55-35-27-51(28-36-55)47-19-11-5-12-20-47)56-37-29-52(30-38-56)48-21-13-6-14-22-48/h3-44H,1-2H3. The summed E-state index contributed by atoms with van der Waals surface area (Å²) in [5.41, 5.74) is 19.2. The third-order valence-corrected chi connectivity index (χ3v) is 16.6. The fourth-order valence-electron chi connectivity index (χ4n) is 9.62. The molecule has 0 atom stereocenters. The van der Waals surface area contributed by atoms with Crippen molar-refractivity contribution in [3.63, 3.8) is 0 Å². The van der Waals surface area contributed by atoms with Crippen LogP contribution in [-0.2, 0) is 0 Å². The van der Waals surface area contributed by atoms with Crippen molar-refractivity contribution in [2.75, 3.05) is 9.80 Å². The SMILES string of the molecule is C[Si]1(C)c2cc(N(c3ccc(-c4ccccc4)cc3)c3ccc(-c4ccccc4)cc3)ccc2-c2ccc(N(c3ccc(-c4ccccc4)cc3)c3ccc(-c4ccccc4)cc3)cc21.